The molecular weight excluding hydrogens is 354 g/mol. The minimum Gasteiger partial charge on any atom is -0.482 e. The van der Waals surface area contributed by atoms with Crippen LogP contribution in [0, 0.1) is 17.8 Å². The van der Waals surface area contributed by atoms with E-state index in [0.717, 1.165) is 42.6 Å². The lowest BCUT2D eigenvalue weighted by Gasteiger charge is -2.56. The molecule has 0 spiro atoms. The zero-order valence-electron chi connectivity index (χ0n) is 16.9. The van der Waals surface area contributed by atoms with Crippen LogP contribution in [0.1, 0.15) is 63.9 Å². The van der Waals surface area contributed by atoms with Crippen LogP contribution in [0.3, 0.4) is 0 Å². The van der Waals surface area contributed by atoms with Crippen molar-refractivity contribution in [2.45, 2.75) is 63.8 Å². The third kappa shape index (κ3) is 4.18. The lowest BCUT2D eigenvalue weighted by Crippen LogP contribution is -2.60. The highest BCUT2D eigenvalue weighted by Gasteiger charge is 2.51. The Morgan fingerprint density at radius 2 is 1.64 bits per heavy atom. The summed E-state index contributed by atoms with van der Waals surface area (Å²) in [5, 5.41) is 3.22. The Balaban J connectivity index is 1.24. The molecule has 4 fully saturated rings. The van der Waals surface area contributed by atoms with Crippen LogP contribution < -0.4 is 10.1 Å². The number of esters is 1. The van der Waals surface area contributed by atoms with E-state index in [-0.39, 0.29) is 24.7 Å². The number of para-hydroxylation sites is 1. The summed E-state index contributed by atoms with van der Waals surface area (Å²) in [6, 6.07) is 7.67. The van der Waals surface area contributed by atoms with E-state index in [4.69, 9.17) is 9.47 Å². The largest absolute Gasteiger partial charge is 0.482 e. The van der Waals surface area contributed by atoms with Gasteiger partial charge in [0, 0.05) is 5.54 Å². The smallest absolute Gasteiger partial charge is 0.344 e. The third-order valence-corrected chi connectivity index (χ3v) is 6.69. The molecular formula is C23H31NO4. The molecule has 1 aromatic carbocycles. The minimum absolute atomic E-state index is 0.0506. The first kappa shape index (κ1) is 19.3. The second-order valence-electron chi connectivity index (χ2n) is 9.39. The van der Waals surface area contributed by atoms with E-state index < -0.39 is 5.97 Å². The zero-order valence-corrected chi connectivity index (χ0v) is 16.9. The molecule has 0 atom stereocenters. The molecule has 4 aliphatic rings. The SMILES string of the molecule is CC(C)c1ccccc1OCC(=O)OCC(=O)NC12CC3CC(CC(C3)C1)C2. The Bertz CT molecular complexity index is 707. The van der Waals surface area contributed by atoms with E-state index in [0.29, 0.717) is 11.7 Å². The van der Waals surface area contributed by atoms with Gasteiger partial charge in [0.25, 0.3) is 5.91 Å². The third-order valence-electron chi connectivity index (χ3n) is 6.69. The normalized spacial score (nSPS) is 30.3. The Morgan fingerprint density at radius 3 is 2.25 bits per heavy atom. The molecule has 0 saturated heterocycles. The van der Waals surface area contributed by atoms with Gasteiger partial charge in [-0.25, -0.2) is 4.79 Å². The number of hydrogen-bond acceptors (Lipinski definition) is 4. The predicted octanol–water partition coefficient (Wildman–Crippen LogP) is 3.82. The van der Waals surface area contributed by atoms with E-state index >= 15 is 0 Å². The Kier molecular flexibility index (Phi) is 5.35. The Labute approximate surface area is 167 Å². The van der Waals surface area contributed by atoms with Crippen molar-refractivity contribution in [3.63, 3.8) is 0 Å². The maximum Gasteiger partial charge on any atom is 0.344 e. The summed E-state index contributed by atoms with van der Waals surface area (Å²) < 4.78 is 10.8. The van der Waals surface area contributed by atoms with Gasteiger partial charge in [0.1, 0.15) is 5.75 Å². The molecule has 5 nitrogen and oxygen atoms in total. The molecule has 4 aliphatic carbocycles. The van der Waals surface area contributed by atoms with Crippen LogP contribution in [-0.2, 0) is 14.3 Å². The first-order valence-corrected chi connectivity index (χ1v) is 10.6. The van der Waals surface area contributed by atoms with Gasteiger partial charge in [-0.15, -0.1) is 0 Å². The van der Waals surface area contributed by atoms with Gasteiger partial charge in [-0.05, 0) is 73.8 Å². The molecule has 28 heavy (non-hydrogen) atoms. The molecule has 5 heteroatoms. The molecule has 0 aromatic heterocycles. The van der Waals surface area contributed by atoms with Crippen molar-refractivity contribution in [1.29, 1.82) is 0 Å². The molecule has 0 unspecified atom stereocenters. The van der Waals surface area contributed by atoms with Crippen LogP contribution >= 0.6 is 0 Å². The van der Waals surface area contributed by atoms with Crippen LogP contribution in [-0.4, -0.2) is 30.6 Å². The van der Waals surface area contributed by atoms with Crippen LogP contribution in [0.15, 0.2) is 24.3 Å². The first-order chi connectivity index (χ1) is 13.4. The van der Waals surface area contributed by atoms with Crippen LogP contribution in [0.5, 0.6) is 5.75 Å². The highest BCUT2D eigenvalue weighted by molar-refractivity contribution is 5.81. The summed E-state index contributed by atoms with van der Waals surface area (Å²) in [7, 11) is 0. The summed E-state index contributed by atoms with van der Waals surface area (Å²) in [5.41, 5.74) is 1.00. The van der Waals surface area contributed by atoms with E-state index in [1.54, 1.807) is 0 Å². The van der Waals surface area contributed by atoms with E-state index in [1.165, 1.54) is 19.3 Å². The summed E-state index contributed by atoms with van der Waals surface area (Å²) in [6.07, 6.45) is 7.27. The lowest BCUT2D eigenvalue weighted by atomic mass is 9.53. The number of amides is 1. The molecule has 1 aromatic rings. The van der Waals surface area contributed by atoms with Crippen molar-refractivity contribution >= 4 is 11.9 Å². The number of hydrogen-bond donors (Lipinski definition) is 1. The second-order valence-corrected chi connectivity index (χ2v) is 9.39. The van der Waals surface area contributed by atoms with Gasteiger partial charge in [0.15, 0.2) is 13.2 Å². The molecule has 0 aliphatic heterocycles. The number of ether oxygens (including phenoxy) is 2. The lowest BCUT2D eigenvalue weighted by molar-refractivity contribution is -0.151. The molecule has 1 amide bonds. The Morgan fingerprint density at radius 1 is 1.04 bits per heavy atom. The maximum absolute atomic E-state index is 12.4. The zero-order chi connectivity index (χ0) is 19.7. The van der Waals surface area contributed by atoms with Gasteiger partial charge in [-0.1, -0.05) is 32.0 Å². The fourth-order valence-corrected chi connectivity index (χ4v) is 6.01. The van der Waals surface area contributed by atoms with Crippen molar-refractivity contribution < 1.29 is 19.1 Å². The van der Waals surface area contributed by atoms with Crippen molar-refractivity contribution in [2.24, 2.45) is 17.8 Å². The van der Waals surface area contributed by atoms with Crippen LogP contribution in [0.2, 0.25) is 0 Å². The molecule has 0 heterocycles. The van der Waals surface area contributed by atoms with Crippen molar-refractivity contribution in [3.8, 4) is 5.75 Å². The van der Waals surface area contributed by atoms with E-state index in [9.17, 15) is 9.59 Å². The summed E-state index contributed by atoms with van der Waals surface area (Å²) in [6.45, 7) is 3.74. The average molecular weight is 386 g/mol. The summed E-state index contributed by atoms with van der Waals surface area (Å²) >= 11 is 0. The second kappa shape index (κ2) is 7.76. The van der Waals surface area contributed by atoms with Gasteiger partial charge in [-0.3, -0.25) is 4.79 Å². The van der Waals surface area contributed by atoms with Gasteiger partial charge >= 0.3 is 5.97 Å². The fraction of sp³-hybridized carbons (Fsp3) is 0.652. The van der Waals surface area contributed by atoms with Gasteiger partial charge < -0.3 is 14.8 Å². The minimum atomic E-state index is -0.515. The molecule has 0 radical (unpaired) electrons. The summed E-state index contributed by atoms with van der Waals surface area (Å²) in [4.78, 5) is 24.5. The summed E-state index contributed by atoms with van der Waals surface area (Å²) in [5.74, 6) is 2.60. The van der Waals surface area contributed by atoms with Gasteiger partial charge in [0.2, 0.25) is 0 Å². The quantitative estimate of drug-likeness (QED) is 0.725. The highest BCUT2D eigenvalue weighted by atomic mass is 16.6. The van der Waals surface area contributed by atoms with Crippen molar-refractivity contribution in [2.75, 3.05) is 13.2 Å². The number of carbonyl (C=O) groups is 2. The van der Waals surface area contributed by atoms with Crippen LogP contribution in [0.4, 0.5) is 0 Å². The standard InChI is InChI=1S/C23H31NO4/c1-15(2)19-5-3-4-6-20(19)27-14-22(26)28-13-21(25)24-23-10-16-7-17(11-23)9-18(8-16)12-23/h3-6,15-18H,7-14H2,1-2H3,(H,24,25). The number of nitrogens with one attached hydrogen (secondary N) is 1. The van der Waals surface area contributed by atoms with E-state index in [1.807, 2.05) is 24.3 Å². The van der Waals surface area contributed by atoms with Crippen molar-refractivity contribution in [3.05, 3.63) is 29.8 Å². The van der Waals surface area contributed by atoms with Crippen molar-refractivity contribution in [1.82, 2.24) is 5.32 Å². The number of carbonyl (C=O) groups excluding carboxylic acids is 2. The molecule has 4 saturated carbocycles. The van der Waals surface area contributed by atoms with Gasteiger partial charge in [-0.2, -0.15) is 0 Å². The molecule has 5 rings (SSSR count). The fourth-order valence-electron chi connectivity index (χ4n) is 6.01. The first-order valence-electron chi connectivity index (χ1n) is 10.6. The molecule has 4 bridgehead atoms. The van der Waals surface area contributed by atoms with Crippen LogP contribution in [0.25, 0.3) is 0 Å². The predicted molar refractivity (Wildman–Crippen MR) is 106 cm³/mol. The van der Waals surface area contributed by atoms with E-state index in [2.05, 4.69) is 19.2 Å². The monoisotopic (exact) mass is 385 g/mol. The molecule has 1 N–H and O–H groups in total. The highest BCUT2D eigenvalue weighted by Crippen LogP contribution is 2.55. The average Bonchev–Trinajstić information content (AvgIpc) is 2.63. The maximum atomic E-state index is 12.4. The number of benzene rings is 1. The topological polar surface area (TPSA) is 64.6 Å². The Hall–Kier alpha value is -2.04. The number of rotatable bonds is 7. The molecule has 152 valence electrons. The van der Waals surface area contributed by atoms with Gasteiger partial charge in [0.05, 0.1) is 0 Å².